The first kappa shape index (κ1) is 25.7. The van der Waals surface area contributed by atoms with Gasteiger partial charge in [0.1, 0.15) is 18.1 Å². The lowest BCUT2D eigenvalue weighted by Crippen LogP contribution is -2.55. The molecule has 164 valence electrons. The van der Waals surface area contributed by atoms with Gasteiger partial charge in [-0.3, -0.25) is 24.0 Å². The van der Waals surface area contributed by atoms with E-state index in [1.807, 2.05) is 5.32 Å². The van der Waals surface area contributed by atoms with E-state index in [1.54, 1.807) is 0 Å². The number of primary amides is 1. The summed E-state index contributed by atoms with van der Waals surface area (Å²) in [6.07, 6.45) is -2.82. The Hall–Kier alpha value is -3.26. The normalized spacial score (nSPS) is 14.6. The monoisotopic (exact) mass is 419 g/mol. The molecule has 0 bridgehead atoms. The number of hydrogen-bond donors (Lipinski definition) is 8. The van der Waals surface area contributed by atoms with Crippen LogP contribution in [0.1, 0.15) is 26.2 Å². The Balaban J connectivity index is 4.96. The van der Waals surface area contributed by atoms with Crippen molar-refractivity contribution < 1.29 is 44.1 Å². The van der Waals surface area contributed by atoms with Gasteiger partial charge in [0.05, 0.1) is 19.1 Å². The number of hydrogen-bond acceptors (Lipinski definition) is 8. The minimum Gasteiger partial charge on any atom is -0.481 e. The van der Waals surface area contributed by atoms with Crippen LogP contribution in [-0.2, 0) is 28.8 Å². The molecule has 0 aromatic heterocycles. The second-order valence-electron chi connectivity index (χ2n) is 6.11. The smallest absolute Gasteiger partial charge is 0.326 e. The van der Waals surface area contributed by atoms with Crippen molar-refractivity contribution in [2.24, 2.45) is 11.5 Å². The van der Waals surface area contributed by atoms with Gasteiger partial charge in [-0.15, -0.1) is 0 Å². The van der Waals surface area contributed by atoms with Crippen LogP contribution in [0.25, 0.3) is 0 Å². The van der Waals surface area contributed by atoms with Gasteiger partial charge in [0.2, 0.25) is 23.6 Å². The molecule has 0 saturated heterocycles. The molecule has 0 aliphatic rings. The van der Waals surface area contributed by atoms with Crippen molar-refractivity contribution in [3.05, 3.63) is 0 Å². The number of nitrogens with one attached hydrogen (secondary N) is 3. The number of aliphatic hydroxyl groups excluding tert-OH is 1. The summed E-state index contributed by atoms with van der Waals surface area (Å²) in [7, 11) is 0. The van der Waals surface area contributed by atoms with Crippen LogP contribution in [0.4, 0.5) is 0 Å². The van der Waals surface area contributed by atoms with Crippen LogP contribution in [0.2, 0.25) is 0 Å². The van der Waals surface area contributed by atoms with E-state index in [2.05, 4.69) is 10.6 Å². The number of amides is 4. The van der Waals surface area contributed by atoms with Gasteiger partial charge in [0, 0.05) is 6.42 Å². The molecule has 0 radical (unpaired) electrons. The predicted octanol–water partition coefficient (Wildman–Crippen LogP) is -4.39. The summed E-state index contributed by atoms with van der Waals surface area (Å²) in [6, 6.07) is -4.43. The maximum Gasteiger partial charge on any atom is 0.326 e. The van der Waals surface area contributed by atoms with Crippen LogP contribution in [0.15, 0.2) is 0 Å². The van der Waals surface area contributed by atoms with E-state index in [4.69, 9.17) is 21.7 Å². The average molecular weight is 419 g/mol. The topological polar surface area (TPSA) is 251 Å². The molecule has 10 N–H and O–H groups in total. The van der Waals surface area contributed by atoms with E-state index in [9.17, 15) is 33.9 Å². The molecule has 29 heavy (non-hydrogen) atoms. The Morgan fingerprint density at radius 3 is 2.00 bits per heavy atom. The molecule has 14 heteroatoms. The minimum atomic E-state index is -1.57. The number of aliphatic hydroxyl groups is 1. The van der Waals surface area contributed by atoms with Gasteiger partial charge in [0.25, 0.3) is 0 Å². The van der Waals surface area contributed by atoms with E-state index >= 15 is 0 Å². The van der Waals surface area contributed by atoms with Crippen molar-refractivity contribution in [2.75, 3.05) is 6.54 Å². The Morgan fingerprint density at radius 1 is 0.966 bits per heavy atom. The number of rotatable bonds is 13. The Kier molecular flexibility index (Phi) is 10.9. The largest absolute Gasteiger partial charge is 0.481 e. The highest BCUT2D eigenvalue weighted by Gasteiger charge is 2.28. The fraction of sp³-hybridized carbons (Fsp3) is 0.600. The van der Waals surface area contributed by atoms with Gasteiger partial charge in [0.15, 0.2) is 0 Å². The van der Waals surface area contributed by atoms with E-state index in [0.717, 1.165) is 0 Å². The molecule has 0 rings (SSSR count). The highest BCUT2D eigenvalue weighted by molar-refractivity contribution is 5.95. The van der Waals surface area contributed by atoms with Gasteiger partial charge in [-0.25, -0.2) is 4.79 Å². The first-order valence-electron chi connectivity index (χ1n) is 8.39. The number of nitrogens with two attached hydrogens (primary N) is 2. The first-order chi connectivity index (χ1) is 13.3. The number of carboxylic acids is 2. The van der Waals surface area contributed by atoms with Crippen molar-refractivity contribution >= 4 is 35.6 Å². The molecule has 0 aromatic rings. The fourth-order valence-corrected chi connectivity index (χ4v) is 1.96. The van der Waals surface area contributed by atoms with E-state index in [0.29, 0.717) is 0 Å². The molecule has 0 spiro atoms. The SMILES string of the molecule is CC(O)C(N)C(=O)NCC(=O)NC(CC(N)=O)C(=O)NC(CCC(=O)O)C(=O)O. The third-order valence-corrected chi connectivity index (χ3v) is 3.56. The molecule has 0 aliphatic heterocycles. The number of carbonyl (C=O) groups excluding carboxylic acids is 4. The Labute approximate surface area is 165 Å². The molecule has 0 aromatic carbocycles. The van der Waals surface area contributed by atoms with Crippen molar-refractivity contribution in [1.82, 2.24) is 16.0 Å². The number of carbonyl (C=O) groups is 6. The number of carboxylic acid groups (broad SMARTS) is 2. The summed E-state index contributed by atoms with van der Waals surface area (Å²) < 4.78 is 0. The zero-order valence-electron chi connectivity index (χ0n) is 15.6. The van der Waals surface area contributed by atoms with Crippen molar-refractivity contribution in [3.63, 3.8) is 0 Å². The molecule has 0 saturated carbocycles. The summed E-state index contributed by atoms with van der Waals surface area (Å²) >= 11 is 0. The average Bonchev–Trinajstić information content (AvgIpc) is 2.60. The van der Waals surface area contributed by atoms with Gasteiger partial charge in [-0.2, -0.15) is 0 Å². The lowest BCUT2D eigenvalue weighted by atomic mass is 10.1. The first-order valence-corrected chi connectivity index (χ1v) is 8.39. The molecule has 14 nitrogen and oxygen atoms in total. The Morgan fingerprint density at radius 2 is 1.55 bits per heavy atom. The molecule has 4 atom stereocenters. The molecular formula is C15H25N5O9. The van der Waals surface area contributed by atoms with Crippen LogP contribution >= 0.6 is 0 Å². The Bertz CT molecular complexity index is 652. The zero-order chi connectivity index (χ0) is 22.7. The van der Waals surface area contributed by atoms with Crippen molar-refractivity contribution in [3.8, 4) is 0 Å². The summed E-state index contributed by atoms with van der Waals surface area (Å²) in [5, 5.41) is 33.1. The molecule has 4 amide bonds. The highest BCUT2D eigenvalue weighted by atomic mass is 16.4. The third-order valence-electron chi connectivity index (χ3n) is 3.56. The minimum absolute atomic E-state index is 0.430. The molecule has 4 unspecified atom stereocenters. The van der Waals surface area contributed by atoms with Crippen molar-refractivity contribution in [2.45, 2.75) is 50.4 Å². The summed E-state index contributed by atoms with van der Waals surface area (Å²) in [4.78, 5) is 68.6. The lowest BCUT2D eigenvalue weighted by molar-refractivity contribution is -0.143. The summed E-state index contributed by atoms with van der Waals surface area (Å²) in [5.41, 5.74) is 10.4. The predicted molar refractivity (Wildman–Crippen MR) is 94.8 cm³/mol. The standard InChI is InChI=1S/C15H25N5O9/c1-6(21)12(17)14(27)18-5-10(23)19-8(4-9(16)22)13(26)20-7(15(28)29)2-3-11(24)25/h6-8,12,21H,2-5,17H2,1H3,(H2,16,22)(H,18,27)(H,19,23)(H,20,26)(H,24,25)(H,28,29). The summed E-state index contributed by atoms with van der Waals surface area (Å²) in [6.45, 7) is 0.615. The van der Waals surface area contributed by atoms with Crippen LogP contribution in [-0.4, -0.2) is 81.7 Å². The third kappa shape index (κ3) is 10.6. The van der Waals surface area contributed by atoms with Crippen molar-refractivity contribution in [1.29, 1.82) is 0 Å². The second-order valence-corrected chi connectivity index (χ2v) is 6.11. The van der Waals surface area contributed by atoms with Gasteiger partial charge >= 0.3 is 11.9 Å². The second kappa shape index (κ2) is 12.2. The van der Waals surface area contributed by atoms with E-state index in [-0.39, 0.29) is 0 Å². The quantitative estimate of drug-likeness (QED) is 0.142. The van der Waals surface area contributed by atoms with E-state index in [1.165, 1.54) is 6.92 Å². The number of aliphatic carboxylic acids is 2. The van der Waals surface area contributed by atoms with Gasteiger partial charge < -0.3 is 42.7 Å². The zero-order valence-corrected chi connectivity index (χ0v) is 15.6. The maximum atomic E-state index is 12.2. The van der Waals surface area contributed by atoms with Gasteiger partial charge in [-0.1, -0.05) is 0 Å². The van der Waals surface area contributed by atoms with Crippen LogP contribution < -0.4 is 27.4 Å². The summed E-state index contributed by atoms with van der Waals surface area (Å²) in [5.74, 6) is -6.62. The molecule has 0 heterocycles. The molecule has 0 fully saturated rings. The lowest BCUT2D eigenvalue weighted by Gasteiger charge is -2.21. The van der Waals surface area contributed by atoms with Crippen LogP contribution in [0.5, 0.6) is 0 Å². The maximum absolute atomic E-state index is 12.2. The molecule has 0 aliphatic carbocycles. The fourth-order valence-electron chi connectivity index (χ4n) is 1.96. The van der Waals surface area contributed by atoms with E-state index < -0.39 is 85.6 Å². The molecular weight excluding hydrogens is 394 g/mol. The van der Waals surface area contributed by atoms with Gasteiger partial charge in [-0.05, 0) is 13.3 Å². The highest BCUT2D eigenvalue weighted by Crippen LogP contribution is 2.01. The van der Waals surface area contributed by atoms with Crippen LogP contribution in [0, 0.1) is 0 Å². The van der Waals surface area contributed by atoms with Crippen LogP contribution in [0.3, 0.4) is 0 Å².